The van der Waals surface area contributed by atoms with Crippen LogP contribution >= 0.6 is 0 Å². The molecule has 0 aromatic heterocycles. The van der Waals surface area contributed by atoms with Crippen LogP contribution in [0.2, 0.25) is 0 Å². The minimum Gasteiger partial charge on any atom is -0.378 e. The van der Waals surface area contributed by atoms with Crippen LogP contribution in [0, 0.1) is 5.92 Å². The Morgan fingerprint density at radius 1 is 1.41 bits per heavy atom. The molecule has 2 atom stereocenters. The minimum absolute atomic E-state index is 0.106. The number of carbonyl (C=O) groups is 1. The predicted octanol–water partition coefficient (Wildman–Crippen LogP) is 1.39. The van der Waals surface area contributed by atoms with Crippen LogP contribution in [-0.2, 0) is 9.53 Å². The van der Waals surface area contributed by atoms with Crippen molar-refractivity contribution in [2.45, 2.75) is 52.2 Å². The molecule has 4 nitrogen and oxygen atoms in total. The summed E-state index contributed by atoms with van der Waals surface area (Å²) in [5, 5.41) is 0. The van der Waals surface area contributed by atoms with Gasteiger partial charge in [0.05, 0.1) is 12.1 Å². The maximum Gasteiger partial charge on any atom is 0.239 e. The number of nitrogens with zero attached hydrogens (tertiary/aromatic N) is 1. The van der Waals surface area contributed by atoms with Gasteiger partial charge in [-0.1, -0.05) is 20.3 Å². The first kappa shape index (κ1) is 14.5. The molecular formula is C13H26N2O2. The third kappa shape index (κ3) is 3.96. The van der Waals surface area contributed by atoms with Crippen molar-refractivity contribution in [1.29, 1.82) is 0 Å². The highest BCUT2D eigenvalue weighted by Crippen LogP contribution is 2.16. The largest absolute Gasteiger partial charge is 0.378 e. The van der Waals surface area contributed by atoms with Crippen LogP contribution in [0.25, 0.3) is 0 Å². The molecule has 4 heteroatoms. The number of nitrogens with two attached hydrogens (primary N) is 1. The van der Waals surface area contributed by atoms with Gasteiger partial charge in [0.15, 0.2) is 0 Å². The van der Waals surface area contributed by atoms with Crippen molar-refractivity contribution in [3.8, 4) is 0 Å². The van der Waals surface area contributed by atoms with E-state index >= 15 is 0 Å². The molecule has 2 N–H and O–H groups in total. The van der Waals surface area contributed by atoms with E-state index in [-0.39, 0.29) is 17.9 Å². The standard InChI is InChI=1S/C13H26N2O2/c1-4-10(3)12(14)13(16)15-8-6-11(7-9-15)17-5-2/h10-12H,4-9,14H2,1-3H3/t10?,12-/m0/s1. The highest BCUT2D eigenvalue weighted by Gasteiger charge is 2.28. The Kier molecular flexibility index (Phi) is 5.92. The summed E-state index contributed by atoms with van der Waals surface area (Å²) >= 11 is 0. The van der Waals surface area contributed by atoms with Crippen molar-refractivity contribution >= 4 is 5.91 Å². The molecule has 1 aliphatic heterocycles. The number of ether oxygens (including phenoxy) is 1. The van der Waals surface area contributed by atoms with Crippen LogP contribution in [0.4, 0.5) is 0 Å². The lowest BCUT2D eigenvalue weighted by Crippen LogP contribution is -2.50. The summed E-state index contributed by atoms with van der Waals surface area (Å²) in [7, 11) is 0. The second kappa shape index (κ2) is 6.97. The van der Waals surface area contributed by atoms with E-state index in [1.165, 1.54) is 0 Å². The van der Waals surface area contributed by atoms with Gasteiger partial charge in [0.2, 0.25) is 5.91 Å². The lowest BCUT2D eigenvalue weighted by Gasteiger charge is -2.34. The fourth-order valence-electron chi connectivity index (χ4n) is 2.19. The molecule has 1 rings (SSSR count). The Balaban J connectivity index is 2.40. The molecule has 1 saturated heterocycles. The first-order valence-corrected chi connectivity index (χ1v) is 6.76. The van der Waals surface area contributed by atoms with E-state index in [4.69, 9.17) is 10.5 Å². The number of rotatable bonds is 5. The zero-order valence-corrected chi connectivity index (χ0v) is 11.3. The van der Waals surface area contributed by atoms with E-state index in [1.807, 2.05) is 18.7 Å². The van der Waals surface area contributed by atoms with Gasteiger partial charge < -0.3 is 15.4 Å². The first-order valence-electron chi connectivity index (χ1n) is 6.76. The normalized spacial score (nSPS) is 21.3. The Hall–Kier alpha value is -0.610. The van der Waals surface area contributed by atoms with Crippen molar-refractivity contribution in [3.05, 3.63) is 0 Å². The summed E-state index contributed by atoms with van der Waals surface area (Å²) in [6, 6.07) is -0.344. The number of amides is 1. The van der Waals surface area contributed by atoms with Gasteiger partial charge in [0.1, 0.15) is 0 Å². The third-order valence-corrected chi connectivity index (χ3v) is 3.70. The number of hydrogen-bond donors (Lipinski definition) is 1. The number of piperidine rings is 1. The highest BCUT2D eigenvalue weighted by molar-refractivity contribution is 5.82. The van der Waals surface area contributed by atoms with E-state index in [0.717, 1.165) is 39.0 Å². The molecule has 0 aromatic carbocycles. The predicted molar refractivity (Wildman–Crippen MR) is 68.7 cm³/mol. The average Bonchev–Trinajstić information content (AvgIpc) is 2.37. The summed E-state index contributed by atoms with van der Waals surface area (Å²) in [4.78, 5) is 14.0. The molecular weight excluding hydrogens is 216 g/mol. The quantitative estimate of drug-likeness (QED) is 0.792. The Bertz CT molecular complexity index is 238. The van der Waals surface area contributed by atoms with E-state index in [1.54, 1.807) is 0 Å². The van der Waals surface area contributed by atoms with E-state index in [0.29, 0.717) is 6.10 Å². The summed E-state index contributed by atoms with van der Waals surface area (Å²) in [5.74, 6) is 0.362. The lowest BCUT2D eigenvalue weighted by molar-refractivity contribution is -0.136. The van der Waals surface area contributed by atoms with E-state index < -0.39 is 0 Å². The van der Waals surface area contributed by atoms with Gasteiger partial charge in [-0.25, -0.2) is 0 Å². The molecule has 0 aliphatic carbocycles. The van der Waals surface area contributed by atoms with Crippen LogP contribution in [-0.4, -0.2) is 42.6 Å². The Labute approximate surface area is 104 Å². The van der Waals surface area contributed by atoms with Gasteiger partial charge in [-0.2, -0.15) is 0 Å². The Morgan fingerprint density at radius 2 is 2.00 bits per heavy atom. The molecule has 100 valence electrons. The van der Waals surface area contributed by atoms with E-state index in [2.05, 4.69) is 6.92 Å². The zero-order valence-electron chi connectivity index (χ0n) is 11.3. The fourth-order valence-corrected chi connectivity index (χ4v) is 2.19. The highest BCUT2D eigenvalue weighted by atomic mass is 16.5. The van der Waals surface area contributed by atoms with Crippen molar-refractivity contribution < 1.29 is 9.53 Å². The molecule has 0 spiro atoms. The van der Waals surface area contributed by atoms with Gasteiger partial charge in [-0.15, -0.1) is 0 Å². The lowest BCUT2D eigenvalue weighted by atomic mass is 9.97. The summed E-state index contributed by atoms with van der Waals surface area (Å²) in [5.41, 5.74) is 5.97. The monoisotopic (exact) mass is 242 g/mol. The summed E-state index contributed by atoms with van der Waals surface area (Å²) in [6.45, 7) is 8.44. The van der Waals surface area contributed by atoms with Crippen LogP contribution in [0.5, 0.6) is 0 Å². The zero-order chi connectivity index (χ0) is 12.8. The van der Waals surface area contributed by atoms with Gasteiger partial charge in [-0.05, 0) is 25.7 Å². The second-order valence-electron chi connectivity index (χ2n) is 4.89. The SMILES string of the molecule is CCOC1CCN(C(=O)[C@@H](N)C(C)CC)CC1. The maximum atomic E-state index is 12.1. The van der Waals surface area contributed by atoms with Gasteiger partial charge in [-0.3, -0.25) is 4.79 Å². The fraction of sp³-hybridized carbons (Fsp3) is 0.923. The number of hydrogen-bond acceptors (Lipinski definition) is 3. The molecule has 0 bridgehead atoms. The summed E-state index contributed by atoms with van der Waals surface area (Å²) < 4.78 is 5.57. The van der Waals surface area contributed by atoms with Crippen LogP contribution in [0.15, 0.2) is 0 Å². The topological polar surface area (TPSA) is 55.6 Å². The molecule has 1 heterocycles. The molecule has 0 radical (unpaired) electrons. The van der Waals surface area contributed by atoms with Crippen LogP contribution in [0.1, 0.15) is 40.0 Å². The van der Waals surface area contributed by atoms with Crippen molar-refractivity contribution in [3.63, 3.8) is 0 Å². The first-order chi connectivity index (χ1) is 8.10. The smallest absolute Gasteiger partial charge is 0.239 e. The van der Waals surface area contributed by atoms with Crippen LogP contribution < -0.4 is 5.73 Å². The third-order valence-electron chi connectivity index (χ3n) is 3.70. The van der Waals surface area contributed by atoms with Crippen LogP contribution in [0.3, 0.4) is 0 Å². The Morgan fingerprint density at radius 3 is 2.47 bits per heavy atom. The molecule has 0 saturated carbocycles. The average molecular weight is 242 g/mol. The molecule has 1 unspecified atom stereocenters. The second-order valence-corrected chi connectivity index (χ2v) is 4.89. The van der Waals surface area contributed by atoms with Gasteiger partial charge in [0.25, 0.3) is 0 Å². The molecule has 1 fully saturated rings. The summed E-state index contributed by atoms with van der Waals surface area (Å²) in [6.07, 6.45) is 3.14. The van der Waals surface area contributed by atoms with Crippen molar-refractivity contribution in [2.24, 2.45) is 11.7 Å². The number of carbonyl (C=O) groups excluding carboxylic acids is 1. The van der Waals surface area contributed by atoms with Crippen molar-refractivity contribution in [1.82, 2.24) is 4.90 Å². The van der Waals surface area contributed by atoms with Crippen molar-refractivity contribution in [2.75, 3.05) is 19.7 Å². The maximum absolute atomic E-state index is 12.1. The minimum atomic E-state index is -0.344. The molecule has 1 amide bonds. The molecule has 17 heavy (non-hydrogen) atoms. The molecule has 1 aliphatic rings. The van der Waals surface area contributed by atoms with Gasteiger partial charge in [0, 0.05) is 19.7 Å². The van der Waals surface area contributed by atoms with E-state index in [9.17, 15) is 4.79 Å². The molecule has 0 aromatic rings. The van der Waals surface area contributed by atoms with Gasteiger partial charge >= 0.3 is 0 Å². The number of likely N-dealkylation sites (tertiary alicyclic amines) is 1.